The van der Waals surface area contributed by atoms with Crippen LogP contribution in [0.3, 0.4) is 0 Å². The van der Waals surface area contributed by atoms with Gasteiger partial charge in [-0.2, -0.15) is 0 Å². The Bertz CT molecular complexity index is 1050. The van der Waals surface area contributed by atoms with Crippen LogP contribution < -0.4 is 0 Å². The van der Waals surface area contributed by atoms with E-state index in [1.807, 2.05) is 0 Å². The highest BCUT2D eigenvalue weighted by Crippen LogP contribution is 2.59. The Morgan fingerprint density at radius 1 is 0.630 bits per heavy atom. The lowest BCUT2D eigenvalue weighted by Crippen LogP contribution is -2.11. The first kappa shape index (κ1) is 16.1. The summed E-state index contributed by atoms with van der Waals surface area (Å²) in [5.74, 6) is 0.529. The van der Waals surface area contributed by atoms with E-state index in [2.05, 4.69) is 115 Å². The summed E-state index contributed by atoms with van der Waals surface area (Å²) < 4.78 is 0. The predicted molar refractivity (Wildman–Crippen MR) is 115 cm³/mol. The van der Waals surface area contributed by atoms with Crippen molar-refractivity contribution >= 4 is 16.8 Å². The largest absolute Gasteiger partial charge is 0.0795 e. The van der Waals surface area contributed by atoms with Gasteiger partial charge in [0.05, 0.1) is 0 Å². The molecule has 0 aliphatic heterocycles. The highest BCUT2D eigenvalue weighted by Gasteiger charge is 2.54. The van der Waals surface area contributed by atoms with Gasteiger partial charge < -0.3 is 0 Å². The van der Waals surface area contributed by atoms with Gasteiger partial charge in [0, 0.05) is 5.41 Å². The molecule has 1 saturated carbocycles. The van der Waals surface area contributed by atoms with Crippen LogP contribution in [-0.4, -0.2) is 0 Å². The minimum Gasteiger partial charge on any atom is -0.0795 e. The van der Waals surface area contributed by atoms with Crippen LogP contribution in [0.1, 0.15) is 23.1 Å². The van der Waals surface area contributed by atoms with Crippen molar-refractivity contribution in [1.82, 2.24) is 0 Å². The zero-order valence-electron chi connectivity index (χ0n) is 15.3. The molecule has 130 valence electrons. The van der Waals surface area contributed by atoms with Gasteiger partial charge >= 0.3 is 0 Å². The number of fused-ring (bicyclic) bond motifs is 1. The summed E-state index contributed by atoms with van der Waals surface area (Å²) in [6.07, 6.45) is 5.91. The summed E-state index contributed by atoms with van der Waals surface area (Å²) in [7, 11) is 0. The van der Waals surface area contributed by atoms with Gasteiger partial charge in [-0.3, -0.25) is 0 Å². The van der Waals surface area contributed by atoms with Crippen molar-refractivity contribution in [1.29, 1.82) is 0 Å². The van der Waals surface area contributed by atoms with E-state index >= 15 is 0 Å². The molecule has 5 rings (SSSR count). The molecule has 1 fully saturated rings. The van der Waals surface area contributed by atoms with Crippen LogP contribution in [0.2, 0.25) is 0 Å². The Hall–Kier alpha value is -3.12. The highest BCUT2D eigenvalue weighted by molar-refractivity contribution is 5.90. The Kier molecular flexibility index (Phi) is 3.90. The molecular formula is C27H22. The minimum atomic E-state index is 0.115. The molecule has 0 N–H and O–H groups in total. The Balaban J connectivity index is 1.53. The summed E-state index contributed by atoms with van der Waals surface area (Å²) in [5.41, 5.74) is 4.26. The van der Waals surface area contributed by atoms with Gasteiger partial charge in [-0.15, -0.1) is 0 Å². The summed E-state index contributed by atoms with van der Waals surface area (Å²) >= 11 is 0. The Morgan fingerprint density at radius 3 is 1.93 bits per heavy atom. The molecule has 1 aliphatic carbocycles. The summed E-state index contributed by atoms with van der Waals surface area (Å²) in [6.45, 7) is 0. The molecule has 0 radical (unpaired) electrons. The van der Waals surface area contributed by atoms with Crippen LogP contribution in [0.4, 0.5) is 0 Å². The molecule has 1 atom stereocenters. The van der Waals surface area contributed by atoms with Crippen molar-refractivity contribution in [3.8, 4) is 0 Å². The summed E-state index contributed by atoms with van der Waals surface area (Å²) in [6, 6.07) is 37.1. The third-order valence-corrected chi connectivity index (χ3v) is 5.92. The maximum Gasteiger partial charge on any atom is 0.0272 e. The maximum atomic E-state index is 2.42. The smallest absolute Gasteiger partial charge is 0.0272 e. The average molecular weight is 346 g/mol. The van der Waals surface area contributed by atoms with Gasteiger partial charge in [-0.25, -0.2) is 0 Å². The quantitative estimate of drug-likeness (QED) is 0.379. The van der Waals surface area contributed by atoms with E-state index in [1.165, 1.54) is 33.9 Å². The van der Waals surface area contributed by atoms with E-state index in [4.69, 9.17) is 0 Å². The molecule has 4 aromatic rings. The third kappa shape index (κ3) is 2.78. The fourth-order valence-electron chi connectivity index (χ4n) is 4.44. The normalized spacial score (nSPS) is 18.0. The standard InChI is InChI=1S/C27H22/c1-3-13-23(14-4-1)27(24-15-5-2-6-16-24)20-25(27)19-18-22-12-9-11-21-10-7-8-17-26(21)22/h1-19,25H,20H2/b19-18+. The van der Waals surface area contributed by atoms with Crippen LogP contribution >= 0.6 is 0 Å². The van der Waals surface area contributed by atoms with Crippen LogP contribution in [0, 0.1) is 5.92 Å². The molecule has 4 aromatic carbocycles. The molecule has 0 nitrogen and oxygen atoms in total. The zero-order valence-corrected chi connectivity index (χ0v) is 15.3. The van der Waals surface area contributed by atoms with Crippen molar-refractivity contribution in [2.24, 2.45) is 5.92 Å². The molecule has 0 heteroatoms. The number of hydrogen-bond acceptors (Lipinski definition) is 0. The SMILES string of the molecule is C(=C\C1CC1(c1ccccc1)c1ccccc1)/c1cccc2ccccc12. The summed E-state index contributed by atoms with van der Waals surface area (Å²) in [5, 5.41) is 2.62. The molecule has 0 saturated heterocycles. The first-order valence-electron chi connectivity index (χ1n) is 9.65. The number of hydrogen-bond donors (Lipinski definition) is 0. The van der Waals surface area contributed by atoms with Crippen LogP contribution in [0.5, 0.6) is 0 Å². The highest BCUT2D eigenvalue weighted by atomic mass is 14.6. The van der Waals surface area contributed by atoms with Crippen LogP contribution in [0.15, 0.2) is 109 Å². The van der Waals surface area contributed by atoms with E-state index in [1.54, 1.807) is 0 Å². The van der Waals surface area contributed by atoms with Crippen molar-refractivity contribution in [3.63, 3.8) is 0 Å². The molecule has 0 heterocycles. The lowest BCUT2D eigenvalue weighted by Gasteiger charge is -2.18. The van der Waals surface area contributed by atoms with Crippen molar-refractivity contribution < 1.29 is 0 Å². The number of rotatable bonds is 4. The summed E-state index contributed by atoms with van der Waals surface area (Å²) in [4.78, 5) is 0. The monoisotopic (exact) mass is 346 g/mol. The number of allylic oxidation sites excluding steroid dienone is 1. The van der Waals surface area contributed by atoms with E-state index < -0.39 is 0 Å². The number of benzene rings is 4. The van der Waals surface area contributed by atoms with Gasteiger partial charge in [0.15, 0.2) is 0 Å². The zero-order chi connectivity index (χ0) is 18.1. The molecular weight excluding hydrogens is 324 g/mol. The second-order valence-electron chi connectivity index (χ2n) is 7.44. The van der Waals surface area contributed by atoms with Crippen LogP contribution in [0.25, 0.3) is 16.8 Å². The minimum absolute atomic E-state index is 0.115. The fourth-order valence-corrected chi connectivity index (χ4v) is 4.44. The van der Waals surface area contributed by atoms with E-state index in [-0.39, 0.29) is 5.41 Å². The molecule has 27 heavy (non-hydrogen) atoms. The van der Waals surface area contributed by atoms with Gasteiger partial charge in [0.2, 0.25) is 0 Å². The maximum absolute atomic E-state index is 2.42. The molecule has 1 unspecified atom stereocenters. The second kappa shape index (κ2) is 6.55. The van der Waals surface area contributed by atoms with Gasteiger partial charge in [0.25, 0.3) is 0 Å². The molecule has 0 aromatic heterocycles. The van der Waals surface area contributed by atoms with Gasteiger partial charge in [-0.1, -0.05) is 115 Å². The average Bonchev–Trinajstić information content (AvgIpc) is 3.49. The second-order valence-corrected chi connectivity index (χ2v) is 7.44. The molecule has 1 aliphatic rings. The first-order chi connectivity index (χ1) is 13.4. The molecule has 0 amide bonds. The Labute approximate surface area is 160 Å². The fraction of sp³-hybridized carbons (Fsp3) is 0.111. The molecule has 0 bridgehead atoms. The Morgan fingerprint density at radius 2 is 1.22 bits per heavy atom. The lowest BCUT2D eigenvalue weighted by atomic mass is 9.85. The van der Waals surface area contributed by atoms with Gasteiger partial charge in [-0.05, 0) is 39.8 Å². The molecule has 0 spiro atoms. The topological polar surface area (TPSA) is 0 Å². The van der Waals surface area contributed by atoms with E-state index in [9.17, 15) is 0 Å². The van der Waals surface area contributed by atoms with E-state index in [0.29, 0.717) is 5.92 Å². The third-order valence-electron chi connectivity index (χ3n) is 5.92. The predicted octanol–water partition coefficient (Wildman–Crippen LogP) is 6.86. The first-order valence-corrected chi connectivity index (χ1v) is 9.65. The lowest BCUT2D eigenvalue weighted by molar-refractivity contribution is 0.791. The van der Waals surface area contributed by atoms with Crippen molar-refractivity contribution in [3.05, 3.63) is 126 Å². The van der Waals surface area contributed by atoms with E-state index in [0.717, 1.165) is 0 Å². The van der Waals surface area contributed by atoms with Gasteiger partial charge in [0.1, 0.15) is 0 Å². The van der Waals surface area contributed by atoms with Crippen molar-refractivity contribution in [2.75, 3.05) is 0 Å². The van der Waals surface area contributed by atoms with Crippen molar-refractivity contribution in [2.45, 2.75) is 11.8 Å². The van der Waals surface area contributed by atoms with Crippen LogP contribution in [-0.2, 0) is 5.41 Å².